The molecule has 0 radical (unpaired) electrons. The normalized spacial score (nSPS) is 10.3. The maximum Gasteiger partial charge on any atom is 1.00 e. The fraction of sp³-hybridized carbons (Fsp3) is 0.300. The van der Waals surface area contributed by atoms with Gasteiger partial charge in [0.1, 0.15) is 0 Å². The van der Waals surface area contributed by atoms with Crippen LogP contribution in [0.1, 0.15) is 19.4 Å². The monoisotopic (exact) mass is 270 g/mol. The van der Waals surface area contributed by atoms with Crippen molar-refractivity contribution in [3.8, 4) is 0 Å². The molecule has 13 heavy (non-hydrogen) atoms. The molecular weight excluding hydrogens is 260 g/mol. The predicted octanol–water partition coefficient (Wildman–Crippen LogP) is 0.712. The topological polar surface area (TPSA) is 40.1 Å². The number of carbonyl (C=O) groups excluding carboxylic acids is 1. The molecule has 0 aromatic heterocycles. The number of benzene rings is 1. The molecule has 2 nitrogen and oxygen atoms in total. The number of carbonyl (C=O) groups is 1. The summed E-state index contributed by atoms with van der Waals surface area (Å²) in [4.78, 5) is 10.7. The molecule has 0 amide bonds. The van der Waals surface area contributed by atoms with Gasteiger partial charge in [0.2, 0.25) is 0 Å². The largest absolute Gasteiger partial charge is 1.00 e. The number of hydrogen-bond donors (Lipinski definition) is 0. The van der Waals surface area contributed by atoms with E-state index in [1.165, 1.54) is 0 Å². The zero-order valence-electron chi connectivity index (χ0n) is 7.50. The Hall–Kier alpha value is -0.570. The van der Waals surface area contributed by atoms with Crippen molar-refractivity contribution in [1.29, 1.82) is 0 Å². The zero-order chi connectivity index (χ0) is 9.19. The van der Waals surface area contributed by atoms with Crippen molar-refractivity contribution in [1.82, 2.24) is 0 Å². The second-order valence-electron chi connectivity index (χ2n) is 3.28. The van der Waals surface area contributed by atoms with E-state index >= 15 is 0 Å². The van der Waals surface area contributed by atoms with E-state index in [1.54, 1.807) is 26.0 Å². The van der Waals surface area contributed by atoms with E-state index in [2.05, 4.69) is 0 Å². The number of hydrogen-bond acceptors (Lipinski definition) is 2. The van der Waals surface area contributed by atoms with Crippen LogP contribution in [0.5, 0.6) is 0 Å². The van der Waals surface area contributed by atoms with Crippen LogP contribution in [0.15, 0.2) is 30.3 Å². The van der Waals surface area contributed by atoms with Crippen LogP contribution < -0.4 is 5.11 Å². The fourth-order valence-electron chi connectivity index (χ4n) is 0.973. The Morgan fingerprint density at radius 2 is 1.69 bits per heavy atom. The van der Waals surface area contributed by atoms with Crippen molar-refractivity contribution in [2.75, 3.05) is 0 Å². The van der Waals surface area contributed by atoms with Gasteiger partial charge in [-0.1, -0.05) is 44.2 Å². The smallest absolute Gasteiger partial charge is 0.549 e. The second-order valence-corrected chi connectivity index (χ2v) is 3.28. The Morgan fingerprint density at radius 1 is 1.23 bits per heavy atom. The van der Waals surface area contributed by atoms with Crippen LogP contribution in [-0.2, 0) is 32.6 Å². The Bertz CT molecular complexity index is 280. The first kappa shape index (κ1) is 12.4. The van der Waals surface area contributed by atoms with E-state index < -0.39 is 11.4 Å². The molecule has 1 rings (SSSR count). The van der Waals surface area contributed by atoms with Gasteiger partial charge in [0, 0.05) is 5.41 Å². The Kier molecular flexibility index (Phi) is 4.40. The van der Waals surface area contributed by atoms with E-state index in [9.17, 15) is 9.90 Å². The van der Waals surface area contributed by atoms with Crippen molar-refractivity contribution in [3.63, 3.8) is 0 Å². The van der Waals surface area contributed by atoms with Crippen LogP contribution in [0.4, 0.5) is 0 Å². The molecule has 74 valence electrons. The Labute approximate surface area is 93.5 Å². The SMILES string of the molecule is CC(C)(C(=O)[O-])c1ccccc1.[Ag+]. The summed E-state index contributed by atoms with van der Waals surface area (Å²) in [5.41, 5.74) is -0.133. The molecule has 0 aliphatic carbocycles. The Balaban J connectivity index is 0.00000144. The maximum absolute atomic E-state index is 10.7. The van der Waals surface area contributed by atoms with Crippen molar-refractivity contribution < 1.29 is 32.3 Å². The van der Waals surface area contributed by atoms with Gasteiger partial charge in [0.15, 0.2) is 0 Å². The van der Waals surface area contributed by atoms with Crippen molar-refractivity contribution in [3.05, 3.63) is 35.9 Å². The van der Waals surface area contributed by atoms with E-state index in [4.69, 9.17) is 0 Å². The van der Waals surface area contributed by atoms with E-state index in [-0.39, 0.29) is 22.4 Å². The molecule has 0 saturated carbocycles. The van der Waals surface area contributed by atoms with Gasteiger partial charge in [-0.2, -0.15) is 0 Å². The molecule has 0 N–H and O–H groups in total. The summed E-state index contributed by atoms with van der Waals surface area (Å²) < 4.78 is 0. The summed E-state index contributed by atoms with van der Waals surface area (Å²) in [6.45, 7) is 3.27. The number of carboxylic acid groups (broad SMARTS) is 1. The summed E-state index contributed by atoms with van der Waals surface area (Å²) in [6.07, 6.45) is 0. The van der Waals surface area contributed by atoms with E-state index in [1.807, 2.05) is 18.2 Å². The minimum atomic E-state index is -1.05. The molecule has 3 heteroatoms. The van der Waals surface area contributed by atoms with Gasteiger partial charge in [0.05, 0.1) is 5.97 Å². The first-order valence-electron chi connectivity index (χ1n) is 3.82. The van der Waals surface area contributed by atoms with Crippen LogP contribution in [0.2, 0.25) is 0 Å². The summed E-state index contributed by atoms with van der Waals surface area (Å²) in [5, 5.41) is 10.7. The summed E-state index contributed by atoms with van der Waals surface area (Å²) >= 11 is 0. The average Bonchev–Trinajstić information content (AvgIpc) is 2.06. The van der Waals surface area contributed by atoms with Crippen LogP contribution in [-0.4, -0.2) is 5.97 Å². The quantitative estimate of drug-likeness (QED) is 0.743. The van der Waals surface area contributed by atoms with Crippen molar-refractivity contribution >= 4 is 5.97 Å². The van der Waals surface area contributed by atoms with E-state index in [0.717, 1.165) is 5.56 Å². The number of carboxylic acids is 1. The van der Waals surface area contributed by atoms with Crippen LogP contribution >= 0.6 is 0 Å². The van der Waals surface area contributed by atoms with Gasteiger partial charge >= 0.3 is 22.4 Å². The molecule has 0 heterocycles. The van der Waals surface area contributed by atoms with Crippen LogP contribution in [0, 0.1) is 0 Å². The van der Waals surface area contributed by atoms with Gasteiger partial charge in [0.25, 0.3) is 0 Å². The predicted molar refractivity (Wildman–Crippen MR) is 44.5 cm³/mol. The fourth-order valence-corrected chi connectivity index (χ4v) is 0.973. The standard InChI is InChI=1S/C10H12O2.Ag/c1-10(2,9(11)12)8-6-4-3-5-7-8;/h3-7H,1-2H3,(H,11,12);/q;+1/p-1. The molecule has 0 saturated heterocycles. The van der Waals surface area contributed by atoms with Crippen LogP contribution in [0.3, 0.4) is 0 Å². The second kappa shape index (κ2) is 4.61. The summed E-state index contributed by atoms with van der Waals surface area (Å²) in [5.74, 6) is -1.05. The molecule has 0 spiro atoms. The third-order valence-corrected chi connectivity index (χ3v) is 2.01. The van der Waals surface area contributed by atoms with Crippen molar-refractivity contribution in [2.45, 2.75) is 19.3 Å². The minimum Gasteiger partial charge on any atom is -0.549 e. The molecule has 0 fully saturated rings. The molecule has 0 unspecified atom stereocenters. The molecule has 0 aliphatic rings. The molecule has 0 bridgehead atoms. The molecule has 0 aliphatic heterocycles. The number of rotatable bonds is 2. The first-order chi connectivity index (χ1) is 5.55. The minimum absolute atomic E-state index is 0. The Morgan fingerprint density at radius 3 is 2.08 bits per heavy atom. The van der Waals surface area contributed by atoms with Gasteiger partial charge in [-0.05, 0) is 5.56 Å². The average molecular weight is 271 g/mol. The number of aliphatic carboxylic acids is 1. The molecule has 1 aromatic rings. The van der Waals surface area contributed by atoms with Crippen LogP contribution in [0.25, 0.3) is 0 Å². The third-order valence-electron chi connectivity index (χ3n) is 2.01. The van der Waals surface area contributed by atoms with Gasteiger partial charge < -0.3 is 9.90 Å². The summed E-state index contributed by atoms with van der Waals surface area (Å²) in [6, 6.07) is 9.07. The van der Waals surface area contributed by atoms with Crippen molar-refractivity contribution in [2.24, 2.45) is 0 Å². The summed E-state index contributed by atoms with van der Waals surface area (Å²) in [7, 11) is 0. The van der Waals surface area contributed by atoms with Gasteiger partial charge in [-0.25, -0.2) is 0 Å². The zero-order valence-corrected chi connectivity index (χ0v) is 8.99. The third kappa shape index (κ3) is 2.69. The van der Waals surface area contributed by atoms with Gasteiger partial charge in [-0.3, -0.25) is 0 Å². The molecule has 0 atom stereocenters. The molecule has 1 aromatic carbocycles. The van der Waals surface area contributed by atoms with E-state index in [0.29, 0.717) is 0 Å². The van der Waals surface area contributed by atoms with Gasteiger partial charge in [-0.15, -0.1) is 0 Å². The maximum atomic E-state index is 10.7. The molecular formula is C10H11AgO2. The first-order valence-corrected chi connectivity index (χ1v) is 3.82.